The summed E-state index contributed by atoms with van der Waals surface area (Å²) in [5.41, 5.74) is 2.40. The number of benzene rings is 2. The monoisotopic (exact) mass is 400 g/mol. The summed E-state index contributed by atoms with van der Waals surface area (Å²) in [4.78, 5) is 7.78. The first-order valence-electron chi connectivity index (χ1n) is 6.30. The van der Waals surface area contributed by atoms with Crippen LogP contribution >= 0.6 is 39.1 Å². The number of nitrogens with one attached hydrogen (secondary N) is 1. The Morgan fingerprint density at radius 2 is 1.82 bits per heavy atom. The van der Waals surface area contributed by atoms with Gasteiger partial charge in [-0.3, -0.25) is 0 Å². The first kappa shape index (κ1) is 15.5. The van der Waals surface area contributed by atoms with E-state index in [-0.39, 0.29) is 0 Å². The van der Waals surface area contributed by atoms with Gasteiger partial charge in [-0.25, -0.2) is 4.98 Å². The molecule has 0 fully saturated rings. The van der Waals surface area contributed by atoms with Crippen LogP contribution in [0.4, 0.5) is 0 Å². The molecule has 0 aliphatic heterocycles. The van der Waals surface area contributed by atoms with E-state index in [0.717, 1.165) is 21.1 Å². The van der Waals surface area contributed by atoms with E-state index in [1.54, 1.807) is 26.4 Å². The molecule has 0 aliphatic carbocycles. The highest BCUT2D eigenvalue weighted by Crippen LogP contribution is 2.41. The largest absolute Gasteiger partial charge is 0.493 e. The van der Waals surface area contributed by atoms with Crippen LogP contribution in [-0.4, -0.2) is 24.2 Å². The van der Waals surface area contributed by atoms with Crippen molar-refractivity contribution in [2.75, 3.05) is 14.2 Å². The second-order valence-corrected chi connectivity index (χ2v) is 6.14. The van der Waals surface area contributed by atoms with E-state index < -0.39 is 0 Å². The van der Waals surface area contributed by atoms with Crippen molar-refractivity contribution in [3.63, 3.8) is 0 Å². The maximum absolute atomic E-state index is 6.04. The molecule has 0 atom stereocenters. The van der Waals surface area contributed by atoms with E-state index in [1.165, 1.54) is 0 Å². The zero-order chi connectivity index (χ0) is 15.9. The van der Waals surface area contributed by atoms with Gasteiger partial charge in [0.05, 0.1) is 39.8 Å². The summed E-state index contributed by atoms with van der Waals surface area (Å²) >= 11 is 15.6. The molecule has 1 heterocycles. The SMILES string of the molecule is COc1ccc(-c2nc3cc(Cl)c(Cl)cc3[nH]2)c(Br)c1OC. The van der Waals surface area contributed by atoms with Crippen molar-refractivity contribution in [1.82, 2.24) is 9.97 Å². The van der Waals surface area contributed by atoms with Gasteiger partial charge < -0.3 is 14.5 Å². The molecule has 1 aromatic heterocycles. The van der Waals surface area contributed by atoms with E-state index in [9.17, 15) is 0 Å². The molecule has 22 heavy (non-hydrogen) atoms. The molecule has 0 amide bonds. The predicted octanol–water partition coefficient (Wildman–Crippen LogP) is 5.32. The van der Waals surface area contributed by atoms with Crippen molar-refractivity contribution >= 4 is 50.2 Å². The van der Waals surface area contributed by atoms with Crippen LogP contribution < -0.4 is 9.47 Å². The number of nitrogens with zero attached hydrogens (tertiary/aromatic N) is 1. The third kappa shape index (κ3) is 2.53. The van der Waals surface area contributed by atoms with Gasteiger partial charge in [0.2, 0.25) is 0 Å². The van der Waals surface area contributed by atoms with Gasteiger partial charge in [-0.2, -0.15) is 0 Å². The number of ether oxygens (including phenoxy) is 2. The predicted molar refractivity (Wildman–Crippen MR) is 92.4 cm³/mol. The van der Waals surface area contributed by atoms with E-state index in [4.69, 9.17) is 32.7 Å². The summed E-state index contributed by atoms with van der Waals surface area (Å²) in [5.74, 6) is 1.93. The molecule has 1 N–H and O–H groups in total. The second kappa shape index (κ2) is 5.99. The third-order valence-corrected chi connectivity index (χ3v) is 4.77. The summed E-state index contributed by atoms with van der Waals surface area (Å²) in [5, 5.41) is 0.953. The lowest BCUT2D eigenvalue weighted by Crippen LogP contribution is -1.93. The molecule has 0 saturated carbocycles. The Hall–Kier alpha value is -1.43. The summed E-state index contributed by atoms with van der Waals surface area (Å²) in [6.45, 7) is 0. The van der Waals surface area contributed by atoms with Crippen LogP contribution in [0, 0.1) is 0 Å². The maximum Gasteiger partial charge on any atom is 0.175 e. The van der Waals surface area contributed by atoms with Crippen molar-refractivity contribution in [3.8, 4) is 22.9 Å². The lowest BCUT2D eigenvalue weighted by Gasteiger charge is -2.11. The molecule has 7 heteroatoms. The van der Waals surface area contributed by atoms with Crippen molar-refractivity contribution < 1.29 is 9.47 Å². The molecule has 3 rings (SSSR count). The fourth-order valence-corrected chi connectivity index (χ4v) is 3.20. The van der Waals surface area contributed by atoms with Gasteiger partial charge in [0.1, 0.15) is 5.82 Å². The van der Waals surface area contributed by atoms with Crippen LogP contribution in [0.5, 0.6) is 11.5 Å². The maximum atomic E-state index is 6.04. The smallest absolute Gasteiger partial charge is 0.175 e. The average Bonchev–Trinajstić information content (AvgIpc) is 2.89. The van der Waals surface area contributed by atoms with Gasteiger partial charge in [0.25, 0.3) is 0 Å². The molecule has 0 bridgehead atoms. The molecule has 0 unspecified atom stereocenters. The molecule has 2 aromatic carbocycles. The minimum Gasteiger partial charge on any atom is -0.493 e. The normalized spacial score (nSPS) is 11.0. The molecule has 0 spiro atoms. The van der Waals surface area contributed by atoms with Crippen molar-refractivity contribution in [1.29, 1.82) is 0 Å². The minimum absolute atomic E-state index is 0.471. The van der Waals surface area contributed by atoms with Crippen LogP contribution in [0.2, 0.25) is 10.0 Å². The van der Waals surface area contributed by atoms with Crippen molar-refractivity contribution in [2.45, 2.75) is 0 Å². The first-order valence-corrected chi connectivity index (χ1v) is 7.85. The number of aromatic nitrogens is 2. The summed E-state index contributed by atoms with van der Waals surface area (Å²) in [6.07, 6.45) is 0. The minimum atomic E-state index is 0.471. The Morgan fingerprint density at radius 3 is 2.50 bits per heavy atom. The standard InChI is InChI=1S/C15H11BrCl2N2O2/c1-21-12-4-3-7(13(16)14(12)22-2)15-19-10-5-8(17)9(18)6-11(10)20-15/h3-6H,1-2H3,(H,19,20). The molecule has 0 radical (unpaired) electrons. The molecular weight excluding hydrogens is 391 g/mol. The fourth-order valence-electron chi connectivity index (χ4n) is 2.20. The topological polar surface area (TPSA) is 47.1 Å². The Labute approximate surface area is 145 Å². The number of H-pyrrole nitrogens is 1. The van der Waals surface area contributed by atoms with Gasteiger partial charge in [-0.15, -0.1) is 0 Å². The van der Waals surface area contributed by atoms with Gasteiger partial charge in [0, 0.05) is 5.56 Å². The van der Waals surface area contributed by atoms with Crippen molar-refractivity contribution in [3.05, 3.63) is 38.8 Å². The van der Waals surface area contributed by atoms with Gasteiger partial charge in [-0.05, 0) is 40.2 Å². The Balaban J connectivity index is 2.19. The summed E-state index contributed by atoms with van der Waals surface area (Å²) in [6, 6.07) is 7.21. The Bertz CT molecular complexity index is 825. The number of halogens is 3. The molecule has 3 aromatic rings. The molecule has 114 valence electrons. The van der Waals surface area contributed by atoms with E-state index in [0.29, 0.717) is 27.4 Å². The zero-order valence-corrected chi connectivity index (χ0v) is 14.8. The molecule has 0 aliphatic rings. The quantitative estimate of drug-likeness (QED) is 0.646. The lowest BCUT2D eigenvalue weighted by atomic mass is 10.2. The number of methoxy groups -OCH3 is 2. The highest BCUT2D eigenvalue weighted by atomic mass is 79.9. The number of hydrogen-bond acceptors (Lipinski definition) is 3. The zero-order valence-electron chi connectivity index (χ0n) is 11.7. The molecule has 0 saturated heterocycles. The molecular formula is C15H11BrCl2N2O2. The fraction of sp³-hybridized carbons (Fsp3) is 0.133. The third-order valence-electron chi connectivity index (χ3n) is 3.26. The van der Waals surface area contributed by atoms with Gasteiger partial charge in [0.15, 0.2) is 11.5 Å². The first-order chi connectivity index (χ1) is 10.5. The Morgan fingerprint density at radius 1 is 1.09 bits per heavy atom. The Kier molecular flexibility index (Phi) is 4.21. The number of fused-ring (bicyclic) bond motifs is 1. The van der Waals surface area contributed by atoms with Gasteiger partial charge in [-0.1, -0.05) is 23.2 Å². The highest BCUT2D eigenvalue weighted by Gasteiger charge is 2.17. The summed E-state index contributed by atoms with van der Waals surface area (Å²) in [7, 11) is 3.18. The lowest BCUT2D eigenvalue weighted by molar-refractivity contribution is 0.353. The highest BCUT2D eigenvalue weighted by molar-refractivity contribution is 9.10. The van der Waals surface area contributed by atoms with Crippen molar-refractivity contribution in [2.24, 2.45) is 0 Å². The summed E-state index contributed by atoms with van der Waals surface area (Å²) < 4.78 is 11.4. The number of aromatic amines is 1. The molecule has 4 nitrogen and oxygen atoms in total. The van der Waals surface area contributed by atoms with Crippen LogP contribution in [0.1, 0.15) is 0 Å². The van der Waals surface area contributed by atoms with Gasteiger partial charge >= 0.3 is 0 Å². The second-order valence-electron chi connectivity index (χ2n) is 4.53. The van der Waals surface area contributed by atoms with E-state index in [1.807, 2.05) is 12.1 Å². The number of rotatable bonds is 3. The van der Waals surface area contributed by atoms with Crippen LogP contribution in [0.3, 0.4) is 0 Å². The van der Waals surface area contributed by atoms with Crippen LogP contribution in [0.25, 0.3) is 22.4 Å². The van der Waals surface area contributed by atoms with E-state index in [2.05, 4.69) is 25.9 Å². The van der Waals surface area contributed by atoms with Crippen LogP contribution in [-0.2, 0) is 0 Å². The average molecular weight is 402 g/mol. The number of imidazole rings is 1. The number of hydrogen-bond donors (Lipinski definition) is 1. The van der Waals surface area contributed by atoms with Crippen LogP contribution in [0.15, 0.2) is 28.7 Å². The van der Waals surface area contributed by atoms with E-state index >= 15 is 0 Å².